The highest BCUT2D eigenvalue weighted by atomic mass is 127. The van der Waals surface area contributed by atoms with E-state index in [9.17, 15) is 0 Å². The molecule has 0 aliphatic rings. The Hall–Kier alpha value is 0.650. The van der Waals surface area contributed by atoms with E-state index in [0.717, 1.165) is 0 Å². The average Bonchev–Trinajstić information content (AvgIpc) is 2.37. The normalized spacial score (nSPS) is 10.7. The van der Waals surface area contributed by atoms with Gasteiger partial charge in [-0.05, 0) is 25.7 Å². The zero-order valence-corrected chi connectivity index (χ0v) is 16.4. The first kappa shape index (κ1) is 24.7. The highest BCUT2D eigenvalue weighted by Crippen LogP contribution is 2.16. The summed E-state index contributed by atoms with van der Waals surface area (Å²) in [7, 11) is 0. The molecule has 0 saturated carbocycles. The van der Waals surface area contributed by atoms with Crippen LogP contribution in [0.15, 0.2) is 0 Å². The van der Waals surface area contributed by atoms with Gasteiger partial charge in [0.05, 0.1) is 26.2 Å². The van der Waals surface area contributed by atoms with Gasteiger partial charge >= 0.3 is 0 Å². The van der Waals surface area contributed by atoms with Gasteiger partial charge in [0.25, 0.3) is 0 Å². The van der Waals surface area contributed by atoms with E-state index >= 15 is 0 Å². The maximum atomic E-state index is 2.33. The minimum Gasteiger partial charge on any atom is -0.344 e. The van der Waals surface area contributed by atoms with E-state index in [1.807, 2.05) is 0 Å². The van der Waals surface area contributed by atoms with Crippen LogP contribution in [-0.4, -0.2) is 30.7 Å². The van der Waals surface area contributed by atoms with Gasteiger partial charge in [-0.3, -0.25) is 0 Å². The van der Waals surface area contributed by atoms with E-state index in [4.69, 9.17) is 0 Å². The molecule has 0 aromatic carbocycles. The van der Waals surface area contributed by atoms with E-state index in [1.54, 1.807) is 0 Å². The largest absolute Gasteiger partial charge is 0.344 e. The van der Waals surface area contributed by atoms with Gasteiger partial charge in [-0.15, -0.1) is 24.0 Å². The van der Waals surface area contributed by atoms with Crippen LogP contribution in [0.2, 0.25) is 0 Å². The average molecular weight is 387 g/mol. The van der Waals surface area contributed by atoms with Crippen LogP contribution in [0.25, 0.3) is 0 Å². The van der Waals surface area contributed by atoms with Gasteiger partial charge in [0.2, 0.25) is 0 Å². The quantitative estimate of drug-likeness (QED) is 0.334. The van der Waals surface area contributed by atoms with Gasteiger partial charge in [-0.1, -0.05) is 53.4 Å². The molecule has 3 N–H and O–H groups in total. The molecule has 0 fully saturated rings. The Morgan fingerprint density at radius 2 is 0.737 bits per heavy atom. The molecule has 0 amide bonds. The predicted octanol–water partition coefficient (Wildman–Crippen LogP) is 5.78. The molecule has 3 heteroatoms. The highest BCUT2D eigenvalue weighted by Gasteiger charge is 2.24. The lowest BCUT2D eigenvalue weighted by molar-refractivity contribution is -0.929. The van der Waals surface area contributed by atoms with Crippen molar-refractivity contribution < 1.29 is 4.48 Å². The summed E-state index contributed by atoms with van der Waals surface area (Å²) in [6.07, 6.45) is 11.1. The van der Waals surface area contributed by atoms with Crippen molar-refractivity contribution >= 4 is 24.0 Å². The van der Waals surface area contributed by atoms with Gasteiger partial charge in [0.1, 0.15) is 0 Å². The monoisotopic (exact) mass is 387 g/mol. The third-order valence-corrected chi connectivity index (χ3v) is 3.94. The van der Waals surface area contributed by atoms with Crippen LogP contribution >= 0.6 is 24.0 Å². The lowest BCUT2D eigenvalue weighted by Crippen LogP contribution is -2.50. The van der Waals surface area contributed by atoms with E-state index in [2.05, 4.69) is 27.7 Å². The Morgan fingerprint density at radius 1 is 0.526 bits per heavy atom. The first-order valence-electron chi connectivity index (χ1n) is 8.09. The SMILES string of the molecule is CCCC[N+](CCCC)(CCCC)CCCC.I.N. The van der Waals surface area contributed by atoms with Crippen LogP contribution < -0.4 is 6.15 Å². The molecule has 0 rings (SSSR count). The molecule has 0 bridgehead atoms. The first-order chi connectivity index (χ1) is 8.24. The standard InChI is InChI=1S/C16H36N.HI.H3N/c1-5-9-13-17(14-10-6-2,15-11-7-3)16-12-8-4;;/h5-16H2,1-4H3;1H;1H3/q+1;;. The molecule has 0 aromatic heterocycles. The number of unbranched alkanes of at least 4 members (excludes halogenated alkanes) is 4. The molecule has 0 heterocycles. The van der Waals surface area contributed by atoms with Crippen molar-refractivity contribution in [2.75, 3.05) is 26.2 Å². The number of halogens is 1. The Balaban J connectivity index is -0.00000128. The molecule has 0 saturated heterocycles. The number of quaternary nitrogens is 1. The summed E-state index contributed by atoms with van der Waals surface area (Å²) >= 11 is 0. The molecule has 0 unspecified atom stereocenters. The van der Waals surface area contributed by atoms with Crippen molar-refractivity contribution in [3.05, 3.63) is 0 Å². The lowest BCUT2D eigenvalue weighted by atomic mass is 10.1. The van der Waals surface area contributed by atoms with Crippen LogP contribution in [0.1, 0.15) is 79.1 Å². The summed E-state index contributed by atoms with van der Waals surface area (Å²) in [6, 6.07) is 0. The van der Waals surface area contributed by atoms with Crippen molar-refractivity contribution in [2.45, 2.75) is 79.1 Å². The van der Waals surface area contributed by atoms with Crippen LogP contribution in [0, 0.1) is 0 Å². The second-order valence-electron chi connectivity index (χ2n) is 5.65. The maximum Gasteiger partial charge on any atom is 0.0786 e. The molecule has 0 aromatic rings. The molecule has 0 spiro atoms. The maximum absolute atomic E-state index is 2.33. The summed E-state index contributed by atoms with van der Waals surface area (Å²) in [6.45, 7) is 15.0. The Morgan fingerprint density at radius 3 is 0.895 bits per heavy atom. The second kappa shape index (κ2) is 16.7. The molecule has 120 valence electrons. The van der Waals surface area contributed by atoms with Gasteiger partial charge < -0.3 is 10.6 Å². The van der Waals surface area contributed by atoms with Gasteiger partial charge in [0.15, 0.2) is 0 Å². The molecule has 0 aliphatic heterocycles. The van der Waals surface area contributed by atoms with Crippen LogP contribution in [-0.2, 0) is 0 Å². The number of hydrogen-bond acceptors (Lipinski definition) is 1. The van der Waals surface area contributed by atoms with Gasteiger partial charge in [-0.2, -0.15) is 0 Å². The fourth-order valence-corrected chi connectivity index (χ4v) is 2.64. The van der Waals surface area contributed by atoms with Crippen molar-refractivity contribution in [1.82, 2.24) is 6.15 Å². The van der Waals surface area contributed by atoms with Crippen molar-refractivity contribution in [2.24, 2.45) is 0 Å². The summed E-state index contributed by atoms with van der Waals surface area (Å²) in [5.41, 5.74) is 0. The smallest absolute Gasteiger partial charge is 0.0786 e. The van der Waals surface area contributed by atoms with Gasteiger partial charge in [-0.25, -0.2) is 0 Å². The third-order valence-electron chi connectivity index (χ3n) is 3.94. The fraction of sp³-hybridized carbons (Fsp3) is 1.00. The van der Waals surface area contributed by atoms with Crippen molar-refractivity contribution in [1.29, 1.82) is 0 Å². The number of hydrogen-bond donors (Lipinski definition) is 1. The Labute approximate surface area is 139 Å². The third kappa shape index (κ3) is 12.1. The number of rotatable bonds is 12. The number of nitrogens with zero attached hydrogens (tertiary/aromatic N) is 1. The van der Waals surface area contributed by atoms with Crippen molar-refractivity contribution in [3.63, 3.8) is 0 Å². The summed E-state index contributed by atoms with van der Waals surface area (Å²) < 4.78 is 1.42. The summed E-state index contributed by atoms with van der Waals surface area (Å²) in [5.74, 6) is 0. The fourth-order valence-electron chi connectivity index (χ4n) is 2.64. The van der Waals surface area contributed by atoms with Crippen LogP contribution in [0.3, 0.4) is 0 Å². The lowest BCUT2D eigenvalue weighted by Gasteiger charge is -2.39. The van der Waals surface area contributed by atoms with Crippen LogP contribution in [0.4, 0.5) is 0 Å². The highest BCUT2D eigenvalue weighted by molar-refractivity contribution is 14.0. The minimum absolute atomic E-state index is 0. The van der Waals surface area contributed by atoms with Crippen molar-refractivity contribution in [3.8, 4) is 0 Å². The van der Waals surface area contributed by atoms with E-state index in [0.29, 0.717) is 0 Å². The van der Waals surface area contributed by atoms with Gasteiger partial charge in [0, 0.05) is 0 Å². The van der Waals surface area contributed by atoms with Crippen LogP contribution in [0.5, 0.6) is 0 Å². The molecular weight excluding hydrogens is 347 g/mol. The molecule has 0 aliphatic carbocycles. The zero-order valence-electron chi connectivity index (χ0n) is 14.0. The molecule has 0 radical (unpaired) electrons. The van der Waals surface area contributed by atoms with E-state index in [-0.39, 0.29) is 30.1 Å². The summed E-state index contributed by atoms with van der Waals surface area (Å²) in [4.78, 5) is 0. The molecule has 2 nitrogen and oxygen atoms in total. The first-order valence-corrected chi connectivity index (χ1v) is 8.09. The molecular formula is C16H40IN2+. The van der Waals surface area contributed by atoms with E-state index in [1.165, 1.54) is 82.0 Å². The minimum atomic E-state index is 0. The second-order valence-corrected chi connectivity index (χ2v) is 5.65. The van der Waals surface area contributed by atoms with E-state index < -0.39 is 0 Å². The predicted molar refractivity (Wildman–Crippen MR) is 99.8 cm³/mol. The zero-order chi connectivity index (χ0) is 13.0. The Kier molecular flexibility index (Phi) is 21.7. The molecule has 19 heavy (non-hydrogen) atoms. The Bertz CT molecular complexity index is 125. The topological polar surface area (TPSA) is 35.0 Å². The molecule has 0 atom stereocenters. The summed E-state index contributed by atoms with van der Waals surface area (Å²) in [5, 5.41) is 0.